The van der Waals surface area contributed by atoms with Gasteiger partial charge >= 0.3 is 0 Å². The Morgan fingerprint density at radius 1 is 1.33 bits per heavy atom. The Kier molecular flexibility index (Phi) is 5.56. The van der Waals surface area contributed by atoms with Crippen molar-refractivity contribution >= 4 is 11.6 Å². The average Bonchev–Trinajstić information content (AvgIpc) is 2.52. The molecule has 1 heterocycles. The summed E-state index contributed by atoms with van der Waals surface area (Å²) in [5.41, 5.74) is 2.06. The minimum atomic E-state index is 0.288. The van der Waals surface area contributed by atoms with Crippen LogP contribution in [0.5, 0.6) is 5.75 Å². The fraction of sp³-hybridized carbons (Fsp3) is 0.250. The molecule has 0 saturated carbocycles. The molecule has 21 heavy (non-hydrogen) atoms. The van der Waals surface area contributed by atoms with Gasteiger partial charge in [-0.1, -0.05) is 30.7 Å². The molecule has 108 valence electrons. The van der Waals surface area contributed by atoms with E-state index >= 15 is 0 Å². The first-order valence-electron chi connectivity index (χ1n) is 6.71. The summed E-state index contributed by atoms with van der Waals surface area (Å²) in [6.45, 7) is 3.82. The predicted molar refractivity (Wildman–Crippen MR) is 82.1 cm³/mol. The van der Waals surface area contributed by atoms with Crippen LogP contribution in [0.3, 0.4) is 0 Å². The molecule has 0 unspecified atom stereocenters. The zero-order valence-corrected chi connectivity index (χ0v) is 12.5. The van der Waals surface area contributed by atoms with Crippen molar-refractivity contribution in [3.05, 3.63) is 58.4 Å². The zero-order valence-electron chi connectivity index (χ0n) is 11.8. The Labute approximate surface area is 129 Å². The molecule has 0 amide bonds. The van der Waals surface area contributed by atoms with Crippen LogP contribution >= 0.6 is 11.6 Å². The summed E-state index contributed by atoms with van der Waals surface area (Å²) in [7, 11) is 0. The molecule has 2 aromatic rings. The number of ether oxygens (including phenoxy) is 1. The van der Waals surface area contributed by atoms with E-state index in [1.54, 1.807) is 12.3 Å². The van der Waals surface area contributed by atoms with Crippen molar-refractivity contribution < 1.29 is 4.74 Å². The van der Waals surface area contributed by atoms with Gasteiger partial charge in [0.2, 0.25) is 0 Å². The largest absolute Gasteiger partial charge is 0.488 e. The normalized spacial score (nSPS) is 10.1. The molecular weight excluding hydrogens is 286 g/mol. The highest BCUT2D eigenvalue weighted by Gasteiger charge is 2.09. The van der Waals surface area contributed by atoms with Gasteiger partial charge in [0.05, 0.1) is 0 Å². The second-order valence-corrected chi connectivity index (χ2v) is 4.82. The highest BCUT2D eigenvalue weighted by atomic mass is 35.5. The van der Waals surface area contributed by atoms with E-state index in [2.05, 4.69) is 16.4 Å². The first kappa shape index (κ1) is 15.3. The second kappa shape index (κ2) is 7.63. The standard InChI is InChI=1S/C16H16ClN3O/c1-2-19-10-13-14(17)6-3-7-16(13)21-11-12-5-4-8-20-15(12)9-18/h3-8,19H,2,10-11H2,1H3. The fourth-order valence-electron chi connectivity index (χ4n) is 1.91. The third-order valence-corrected chi connectivity index (χ3v) is 3.36. The lowest BCUT2D eigenvalue weighted by molar-refractivity contribution is 0.301. The van der Waals surface area contributed by atoms with Crippen LogP contribution in [0.25, 0.3) is 0 Å². The Morgan fingerprint density at radius 2 is 2.19 bits per heavy atom. The van der Waals surface area contributed by atoms with Crippen molar-refractivity contribution in [2.75, 3.05) is 6.54 Å². The molecule has 0 fully saturated rings. The molecule has 1 aromatic carbocycles. The predicted octanol–water partition coefficient (Wildman–Crippen LogP) is 3.30. The van der Waals surface area contributed by atoms with Gasteiger partial charge in [-0.3, -0.25) is 0 Å². The summed E-state index contributed by atoms with van der Waals surface area (Å²) in [5, 5.41) is 12.9. The van der Waals surface area contributed by atoms with Crippen LogP contribution < -0.4 is 10.1 Å². The minimum absolute atomic E-state index is 0.288. The molecule has 1 N–H and O–H groups in total. The van der Waals surface area contributed by atoms with E-state index in [4.69, 9.17) is 21.6 Å². The number of aromatic nitrogens is 1. The Hall–Kier alpha value is -2.09. The number of nitrogens with one attached hydrogen (secondary N) is 1. The van der Waals surface area contributed by atoms with Crippen molar-refractivity contribution in [1.82, 2.24) is 10.3 Å². The minimum Gasteiger partial charge on any atom is -0.488 e. The number of rotatable bonds is 6. The first-order valence-corrected chi connectivity index (χ1v) is 7.09. The lowest BCUT2D eigenvalue weighted by atomic mass is 10.2. The molecule has 4 nitrogen and oxygen atoms in total. The van der Waals surface area contributed by atoms with E-state index < -0.39 is 0 Å². The van der Waals surface area contributed by atoms with Crippen molar-refractivity contribution in [1.29, 1.82) is 5.26 Å². The molecule has 0 bridgehead atoms. The van der Waals surface area contributed by atoms with Crippen molar-refractivity contribution in [3.8, 4) is 11.8 Å². The summed E-state index contributed by atoms with van der Waals surface area (Å²) >= 11 is 6.22. The number of benzene rings is 1. The topological polar surface area (TPSA) is 57.9 Å². The smallest absolute Gasteiger partial charge is 0.147 e. The van der Waals surface area contributed by atoms with E-state index in [1.165, 1.54) is 0 Å². The van der Waals surface area contributed by atoms with Gasteiger partial charge in [0, 0.05) is 28.9 Å². The summed E-state index contributed by atoms with van der Waals surface area (Å²) in [5.74, 6) is 0.719. The second-order valence-electron chi connectivity index (χ2n) is 4.41. The maximum Gasteiger partial charge on any atom is 0.147 e. The van der Waals surface area contributed by atoms with Crippen molar-refractivity contribution in [3.63, 3.8) is 0 Å². The highest BCUT2D eigenvalue weighted by molar-refractivity contribution is 6.31. The van der Waals surface area contributed by atoms with E-state index in [0.717, 1.165) is 23.4 Å². The zero-order chi connectivity index (χ0) is 15.1. The van der Waals surface area contributed by atoms with Gasteiger partial charge in [-0.2, -0.15) is 5.26 Å². The average molecular weight is 302 g/mol. The third kappa shape index (κ3) is 3.94. The summed E-state index contributed by atoms with van der Waals surface area (Å²) in [6.07, 6.45) is 1.60. The molecule has 0 aliphatic carbocycles. The summed E-state index contributed by atoms with van der Waals surface area (Å²) in [4.78, 5) is 4.02. The summed E-state index contributed by atoms with van der Waals surface area (Å²) < 4.78 is 5.83. The fourth-order valence-corrected chi connectivity index (χ4v) is 2.14. The molecule has 0 aliphatic heterocycles. The molecule has 2 rings (SSSR count). The number of nitriles is 1. The van der Waals surface area contributed by atoms with Crippen LogP contribution in [-0.2, 0) is 13.2 Å². The van der Waals surface area contributed by atoms with Crippen LogP contribution in [0.15, 0.2) is 36.5 Å². The molecule has 0 atom stereocenters. The van der Waals surface area contributed by atoms with Gasteiger partial charge in [-0.05, 0) is 24.7 Å². The van der Waals surface area contributed by atoms with E-state index in [1.807, 2.05) is 31.2 Å². The Bertz CT molecular complexity index is 652. The van der Waals surface area contributed by atoms with Gasteiger partial charge in [-0.25, -0.2) is 4.98 Å². The van der Waals surface area contributed by atoms with E-state index in [9.17, 15) is 0 Å². The van der Waals surface area contributed by atoms with Gasteiger partial charge < -0.3 is 10.1 Å². The third-order valence-electron chi connectivity index (χ3n) is 3.01. The molecule has 0 aliphatic rings. The molecule has 0 radical (unpaired) electrons. The quantitative estimate of drug-likeness (QED) is 0.889. The molecule has 0 saturated heterocycles. The Balaban J connectivity index is 2.16. The number of hydrogen-bond acceptors (Lipinski definition) is 4. The molecule has 0 spiro atoms. The number of nitrogens with zero attached hydrogens (tertiary/aromatic N) is 2. The van der Waals surface area contributed by atoms with E-state index in [0.29, 0.717) is 17.3 Å². The number of halogens is 1. The maximum absolute atomic E-state index is 9.03. The lowest BCUT2D eigenvalue weighted by Gasteiger charge is -2.13. The van der Waals surface area contributed by atoms with E-state index in [-0.39, 0.29) is 6.61 Å². The number of hydrogen-bond donors (Lipinski definition) is 1. The first-order chi connectivity index (χ1) is 10.3. The lowest BCUT2D eigenvalue weighted by Crippen LogP contribution is -2.13. The van der Waals surface area contributed by atoms with Crippen molar-refractivity contribution in [2.45, 2.75) is 20.1 Å². The van der Waals surface area contributed by atoms with Gasteiger partial charge in [0.25, 0.3) is 0 Å². The summed E-state index contributed by atoms with van der Waals surface area (Å²) in [6, 6.07) is 11.2. The van der Waals surface area contributed by atoms with Crippen LogP contribution in [0.1, 0.15) is 23.7 Å². The van der Waals surface area contributed by atoms with Crippen LogP contribution in [0.4, 0.5) is 0 Å². The molecule has 5 heteroatoms. The van der Waals surface area contributed by atoms with Gasteiger partial charge in [0.15, 0.2) is 0 Å². The molecule has 1 aromatic heterocycles. The maximum atomic E-state index is 9.03. The monoisotopic (exact) mass is 301 g/mol. The molecular formula is C16H16ClN3O. The van der Waals surface area contributed by atoms with Crippen molar-refractivity contribution in [2.24, 2.45) is 0 Å². The Morgan fingerprint density at radius 3 is 2.95 bits per heavy atom. The van der Waals surface area contributed by atoms with Crippen LogP contribution in [0.2, 0.25) is 5.02 Å². The van der Waals surface area contributed by atoms with Crippen LogP contribution in [0, 0.1) is 11.3 Å². The number of pyridine rings is 1. The highest BCUT2D eigenvalue weighted by Crippen LogP contribution is 2.27. The SMILES string of the molecule is CCNCc1c(Cl)cccc1OCc1cccnc1C#N. The van der Waals surface area contributed by atoms with Gasteiger partial charge in [0.1, 0.15) is 24.1 Å². The van der Waals surface area contributed by atoms with Gasteiger partial charge in [-0.15, -0.1) is 0 Å². The van der Waals surface area contributed by atoms with Crippen LogP contribution in [-0.4, -0.2) is 11.5 Å².